The number of rotatable bonds is 2. The Hall–Kier alpha value is -1.46. The van der Waals surface area contributed by atoms with E-state index in [9.17, 15) is 0 Å². The molecule has 4 rings (SSSR count). The van der Waals surface area contributed by atoms with E-state index < -0.39 is 0 Å². The molecule has 0 bridgehead atoms. The van der Waals surface area contributed by atoms with Crippen LogP contribution in [0, 0.1) is 0 Å². The van der Waals surface area contributed by atoms with Crippen molar-refractivity contribution in [1.82, 2.24) is 4.90 Å². The Morgan fingerprint density at radius 3 is 2.76 bits per heavy atom. The van der Waals surface area contributed by atoms with Crippen molar-refractivity contribution in [3.8, 4) is 11.5 Å². The number of fused-ring (bicyclic) bond motifs is 2. The number of nitrogens with zero attached hydrogens (tertiary/aromatic N) is 1. The number of nitrogen functional groups attached to an aromatic ring is 1. The van der Waals surface area contributed by atoms with Crippen LogP contribution in [0.3, 0.4) is 0 Å². The van der Waals surface area contributed by atoms with Gasteiger partial charge in [-0.05, 0) is 30.9 Å². The van der Waals surface area contributed by atoms with Gasteiger partial charge in [-0.1, -0.05) is 0 Å². The van der Waals surface area contributed by atoms with Gasteiger partial charge in [0.1, 0.15) is 13.2 Å². The van der Waals surface area contributed by atoms with Gasteiger partial charge in [0, 0.05) is 30.9 Å². The average molecular weight is 290 g/mol. The molecule has 1 aliphatic carbocycles. The maximum absolute atomic E-state index is 6.21. The van der Waals surface area contributed by atoms with Crippen LogP contribution in [-0.2, 0) is 11.3 Å². The molecule has 2 N–H and O–H groups in total. The van der Waals surface area contributed by atoms with E-state index in [0.29, 0.717) is 25.4 Å². The van der Waals surface area contributed by atoms with Crippen LogP contribution in [0.1, 0.15) is 24.8 Å². The van der Waals surface area contributed by atoms with Crippen LogP contribution in [0.25, 0.3) is 0 Å². The molecule has 0 spiro atoms. The second-order valence-electron chi connectivity index (χ2n) is 6.07. The molecule has 114 valence electrons. The number of hydrogen-bond donors (Lipinski definition) is 1. The molecule has 0 radical (unpaired) electrons. The van der Waals surface area contributed by atoms with E-state index >= 15 is 0 Å². The van der Waals surface area contributed by atoms with E-state index in [4.69, 9.17) is 19.9 Å². The topological polar surface area (TPSA) is 57.0 Å². The van der Waals surface area contributed by atoms with E-state index in [1.54, 1.807) is 0 Å². The summed E-state index contributed by atoms with van der Waals surface area (Å²) in [7, 11) is 0. The molecule has 5 heteroatoms. The second-order valence-corrected chi connectivity index (χ2v) is 6.07. The maximum atomic E-state index is 6.21. The fraction of sp³-hybridized carbons (Fsp3) is 0.625. The van der Waals surface area contributed by atoms with Crippen LogP contribution in [-0.4, -0.2) is 43.4 Å². The van der Waals surface area contributed by atoms with Crippen molar-refractivity contribution in [1.29, 1.82) is 0 Å². The predicted molar refractivity (Wildman–Crippen MR) is 79.6 cm³/mol. The van der Waals surface area contributed by atoms with Crippen LogP contribution < -0.4 is 15.2 Å². The molecule has 3 aliphatic rings. The summed E-state index contributed by atoms with van der Waals surface area (Å²) in [6, 6.07) is 4.49. The van der Waals surface area contributed by atoms with Gasteiger partial charge in [-0.25, -0.2) is 0 Å². The lowest BCUT2D eigenvalue weighted by atomic mass is 10.1. The molecule has 2 fully saturated rings. The van der Waals surface area contributed by atoms with E-state index in [1.165, 1.54) is 19.3 Å². The monoisotopic (exact) mass is 290 g/mol. The summed E-state index contributed by atoms with van der Waals surface area (Å²) in [4.78, 5) is 2.52. The summed E-state index contributed by atoms with van der Waals surface area (Å²) in [5, 5.41) is 0. The highest BCUT2D eigenvalue weighted by atomic mass is 16.6. The SMILES string of the molecule is Nc1cc2c(cc1CN1CCOC3CCCC31)OCCO2. The van der Waals surface area contributed by atoms with Crippen molar-refractivity contribution in [3.63, 3.8) is 0 Å². The smallest absolute Gasteiger partial charge is 0.163 e. The predicted octanol–water partition coefficient (Wildman–Crippen LogP) is 1.79. The molecule has 2 atom stereocenters. The van der Waals surface area contributed by atoms with Crippen LogP contribution in [0.2, 0.25) is 0 Å². The highest BCUT2D eigenvalue weighted by Crippen LogP contribution is 2.36. The number of nitrogens with two attached hydrogens (primary N) is 1. The quantitative estimate of drug-likeness (QED) is 0.842. The second kappa shape index (κ2) is 5.39. The van der Waals surface area contributed by atoms with Crippen molar-refractivity contribution in [2.75, 3.05) is 32.1 Å². The van der Waals surface area contributed by atoms with Gasteiger partial charge in [0.05, 0.1) is 12.7 Å². The summed E-state index contributed by atoms with van der Waals surface area (Å²) >= 11 is 0. The number of benzene rings is 1. The first-order valence-electron chi connectivity index (χ1n) is 7.85. The van der Waals surface area contributed by atoms with E-state index in [2.05, 4.69) is 4.90 Å². The molecule has 2 heterocycles. The third-order valence-corrected chi connectivity index (χ3v) is 4.77. The summed E-state index contributed by atoms with van der Waals surface area (Å²) in [6.07, 6.45) is 4.10. The first-order chi connectivity index (χ1) is 10.3. The summed E-state index contributed by atoms with van der Waals surface area (Å²) in [6.45, 7) is 3.88. The average Bonchev–Trinajstić information content (AvgIpc) is 2.97. The Labute approximate surface area is 125 Å². The molecular formula is C16H22N2O3. The number of ether oxygens (including phenoxy) is 3. The van der Waals surface area contributed by atoms with E-state index in [1.807, 2.05) is 12.1 Å². The molecule has 0 aromatic heterocycles. The molecule has 21 heavy (non-hydrogen) atoms. The van der Waals surface area contributed by atoms with Gasteiger partial charge < -0.3 is 19.9 Å². The van der Waals surface area contributed by atoms with Gasteiger partial charge in [0.25, 0.3) is 0 Å². The Morgan fingerprint density at radius 1 is 1.10 bits per heavy atom. The van der Waals surface area contributed by atoms with Crippen molar-refractivity contribution in [3.05, 3.63) is 17.7 Å². The van der Waals surface area contributed by atoms with E-state index in [0.717, 1.165) is 42.4 Å². The van der Waals surface area contributed by atoms with Gasteiger partial charge in [-0.2, -0.15) is 0 Å². The summed E-state index contributed by atoms with van der Waals surface area (Å²) in [5.41, 5.74) is 8.13. The van der Waals surface area contributed by atoms with Crippen molar-refractivity contribution < 1.29 is 14.2 Å². The largest absolute Gasteiger partial charge is 0.486 e. The van der Waals surface area contributed by atoms with Crippen LogP contribution >= 0.6 is 0 Å². The molecule has 1 saturated carbocycles. The molecule has 1 aromatic rings. The van der Waals surface area contributed by atoms with Gasteiger partial charge in [0.2, 0.25) is 0 Å². The molecular weight excluding hydrogens is 268 g/mol. The third-order valence-electron chi connectivity index (χ3n) is 4.77. The highest BCUT2D eigenvalue weighted by Gasteiger charge is 2.36. The van der Waals surface area contributed by atoms with Gasteiger partial charge >= 0.3 is 0 Å². The first kappa shape index (κ1) is 13.2. The van der Waals surface area contributed by atoms with Crippen molar-refractivity contribution in [2.45, 2.75) is 38.0 Å². The van der Waals surface area contributed by atoms with E-state index in [-0.39, 0.29) is 0 Å². The number of morpholine rings is 1. The number of hydrogen-bond acceptors (Lipinski definition) is 5. The molecule has 2 aliphatic heterocycles. The molecule has 2 unspecified atom stereocenters. The lowest BCUT2D eigenvalue weighted by Gasteiger charge is -2.38. The fourth-order valence-corrected chi connectivity index (χ4v) is 3.70. The van der Waals surface area contributed by atoms with Crippen LogP contribution in [0.15, 0.2) is 12.1 Å². The van der Waals surface area contributed by atoms with Gasteiger partial charge in [-0.15, -0.1) is 0 Å². The molecule has 1 aromatic carbocycles. The zero-order valence-corrected chi connectivity index (χ0v) is 12.2. The standard InChI is InChI=1S/C16H22N2O3/c17-12-9-16-15(20-6-7-21-16)8-11(12)10-18-4-5-19-14-3-1-2-13(14)18/h8-9,13-14H,1-7,10,17H2. The normalized spacial score (nSPS) is 28.4. The molecule has 0 amide bonds. The fourth-order valence-electron chi connectivity index (χ4n) is 3.70. The lowest BCUT2D eigenvalue weighted by molar-refractivity contribution is -0.0587. The summed E-state index contributed by atoms with van der Waals surface area (Å²) < 4.78 is 17.1. The zero-order chi connectivity index (χ0) is 14.2. The van der Waals surface area contributed by atoms with Gasteiger partial charge in [-0.3, -0.25) is 4.90 Å². The summed E-state index contributed by atoms with van der Waals surface area (Å²) in [5.74, 6) is 1.59. The Morgan fingerprint density at radius 2 is 1.90 bits per heavy atom. The van der Waals surface area contributed by atoms with Crippen LogP contribution in [0.5, 0.6) is 11.5 Å². The Balaban J connectivity index is 1.56. The van der Waals surface area contributed by atoms with Crippen molar-refractivity contribution in [2.24, 2.45) is 0 Å². The minimum absolute atomic E-state index is 0.414. The zero-order valence-electron chi connectivity index (χ0n) is 12.2. The maximum Gasteiger partial charge on any atom is 0.163 e. The molecule has 1 saturated heterocycles. The number of anilines is 1. The Bertz CT molecular complexity index is 534. The molecule has 5 nitrogen and oxygen atoms in total. The Kier molecular flexibility index (Phi) is 3.39. The minimum atomic E-state index is 0.414. The first-order valence-corrected chi connectivity index (χ1v) is 7.85. The van der Waals surface area contributed by atoms with Crippen LogP contribution in [0.4, 0.5) is 5.69 Å². The minimum Gasteiger partial charge on any atom is -0.486 e. The van der Waals surface area contributed by atoms with Crippen molar-refractivity contribution >= 4 is 5.69 Å². The highest BCUT2D eigenvalue weighted by molar-refractivity contribution is 5.58. The van der Waals surface area contributed by atoms with Gasteiger partial charge in [0.15, 0.2) is 11.5 Å². The third kappa shape index (κ3) is 2.45. The lowest BCUT2D eigenvalue weighted by Crippen LogP contribution is -2.47.